The molecule has 1 rings (SSSR count). The Morgan fingerprint density at radius 3 is 2.88 bits per heavy atom. The minimum absolute atomic E-state index is 0.0600. The third-order valence-electron chi connectivity index (χ3n) is 2.59. The minimum atomic E-state index is -0.0600. The van der Waals surface area contributed by atoms with Gasteiger partial charge in [0.2, 0.25) is 0 Å². The lowest BCUT2D eigenvalue weighted by atomic mass is 10.1. The van der Waals surface area contributed by atoms with E-state index in [2.05, 4.69) is 17.2 Å². The number of urea groups is 1. The van der Waals surface area contributed by atoms with Crippen LogP contribution in [0, 0.1) is 0 Å². The number of carbonyl (C=O) groups is 1. The number of aromatic nitrogens is 1. The van der Waals surface area contributed by atoms with Crippen LogP contribution in [0.15, 0.2) is 18.3 Å². The lowest BCUT2D eigenvalue weighted by molar-refractivity contribution is 0.210. The molecule has 4 heteroatoms. The number of hydrogen-bond acceptors (Lipinski definition) is 2. The van der Waals surface area contributed by atoms with Gasteiger partial charge in [-0.25, -0.2) is 4.79 Å². The first-order valence-corrected chi connectivity index (χ1v) is 5.60. The first-order valence-electron chi connectivity index (χ1n) is 5.60. The van der Waals surface area contributed by atoms with Crippen LogP contribution in [0.1, 0.15) is 25.1 Å². The molecule has 0 aliphatic carbocycles. The van der Waals surface area contributed by atoms with Crippen LogP contribution in [-0.2, 0) is 13.0 Å². The summed E-state index contributed by atoms with van der Waals surface area (Å²) in [7, 11) is 1.77. The van der Waals surface area contributed by atoms with Crippen LogP contribution in [0.3, 0.4) is 0 Å². The second kappa shape index (κ2) is 6.10. The number of amides is 2. The van der Waals surface area contributed by atoms with Crippen LogP contribution in [0.4, 0.5) is 4.79 Å². The van der Waals surface area contributed by atoms with Crippen molar-refractivity contribution in [1.82, 2.24) is 15.2 Å². The third kappa shape index (κ3) is 3.22. The summed E-state index contributed by atoms with van der Waals surface area (Å²) in [5.74, 6) is 0. The predicted octanol–water partition coefficient (Wildman–Crippen LogP) is 1.81. The van der Waals surface area contributed by atoms with Gasteiger partial charge in [0.25, 0.3) is 0 Å². The van der Waals surface area contributed by atoms with Gasteiger partial charge in [-0.2, -0.15) is 0 Å². The number of aryl methyl sites for hydroxylation is 1. The summed E-state index contributed by atoms with van der Waals surface area (Å²) < 4.78 is 0. The summed E-state index contributed by atoms with van der Waals surface area (Å²) in [5.41, 5.74) is 2.13. The molecule has 88 valence electrons. The Labute approximate surface area is 96.7 Å². The molecule has 1 aromatic heterocycles. The molecule has 0 saturated carbocycles. The molecule has 0 radical (unpaired) electrons. The average Bonchev–Trinajstić information content (AvgIpc) is 2.35. The van der Waals surface area contributed by atoms with Crippen LogP contribution in [-0.4, -0.2) is 29.5 Å². The van der Waals surface area contributed by atoms with E-state index in [4.69, 9.17) is 0 Å². The summed E-state index contributed by atoms with van der Waals surface area (Å²) in [4.78, 5) is 17.4. The molecule has 0 bridgehead atoms. The zero-order valence-corrected chi connectivity index (χ0v) is 10.2. The molecule has 0 fully saturated rings. The van der Waals surface area contributed by atoms with E-state index in [1.807, 2.05) is 19.1 Å². The zero-order chi connectivity index (χ0) is 12.0. The van der Waals surface area contributed by atoms with E-state index in [0.29, 0.717) is 13.1 Å². The molecular weight excluding hydrogens is 202 g/mol. The molecule has 0 saturated heterocycles. The molecule has 0 atom stereocenters. The Balaban J connectivity index is 2.57. The van der Waals surface area contributed by atoms with Crippen LogP contribution >= 0.6 is 0 Å². The Morgan fingerprint density at radius 1 is 1.50 bits per heavy atom. The van der Waals surface area contributed by atoms with E-state index in [1.54, 1.807) is 18.1 Å². The van der Waals surface area contributed by atoms with Crippen LogP contribution in [0.5, 0.6) is 0 Å². The second-order valence-electron chi connectivity index (χ2n) is 3.64. The fourth-order valence-corrected chi connectivity index (χ4v) is 1.39. The van der Waals surface area contributed by atoms with E-state index in [0.717, 1.165) is 12.1 Å². The van der Waals surface area contributed by atoms with E-state index in [-0.39, 0.29) is 6.03 Å². The SMILES string of the molecule is CCc1cccnc1CNC(=O)N(C)CC. The molecule has 0 aromatic carbocycles. The standard InChI is InChI=1S/C12H19N3O/c1-4-10-7-6-8-13-11(10)9-14-12(16)15(3)5-2/h6-8H,4-5,9H2,1-3H3,(H,14,16). The quantitative estimate of drug-likeness (QED) is 0.842. The van der Waals surface area contributed by atoms with Crippen molar-refractivity contribution in [2.45, 2.75) is 26.8 Å². The number of nitrogens with one attached hydrogen (secondary N) is 1. The van der Waals surface area contributed by atoms with Crippen LogP contribution in [0.2, 0.25) is 0 Å². The molecule has 0 spiro atoms. The van der Waals surface area contributed by atoms with Gasteiger partial charge in [-0.1, -0.05) is 13.0 Å². The van der Waals surface area contributed by atoms with Crippen molar-refractivity contribution in [2.75, 3.05) is 13.6 Å². The highest BCUT2D eigenvalue weighted by atomic mass is 16.2. The lowest BCUT2D eigenvalue weighted by Gasteiger charge is -2.15. The second-order valence-corrected chi connectivity index (χ2v) is 3.64. The van der Waals surface area contributed by atoms with Crippen molar-refractivity contribution < 1.29 is 4.79 Å². The Bertz CT molecular complexity index is 352. The normalized spacial score (nSPS) is 9.94. The molecular formula is C12H19N3O. The molecule has 4 nitrogen and oxygen atoms in total. The fraction of sp³-hybridized carbons (Fsp3) is 0.500. The van der Waals surface area contributed by atoms with Crippen LogP contribution in [0.25, 0.3) is 0 Å². The highest BCUT2D eigenvalue weighted by molar-refractivity contribution is 5.73. The van der Waals surface area contributed by atoms with Gasteiger partial charge >= 0.3 is 6.03 Å². The van der Waals surface area contributed by atoms with Gasteiger partial charge in [-0.05, 0) is 25.0 Å². The Kier molecular flexibility index (Phi) is 4.76. The molecule has 0 aliphatic rings. The van der Waals surface area contributed by atoms with Crippen LogP contribution < -0.4 is 5.32 Å². The van der Waals surface area contributed by atoms with E-state index >= 15 is 0 Å². The van der Waals surface area contributed by atoms with Crippen molar-refractivity contribution in [3.8, 4) is 0 Å². The number of rotatable bonds is 4. The molecule has 0 aliphatic heterocycles. The average molecular weight is 221 g/mol. The van der Waals surface area contributed by atoms with Crippen molar-refractivity contribution in [2.24, 2.45) is 0 Å². The highest BCUT2D eigenvalue weighted by Gasteiger charge is 2.07. The first-order chi connectivity index (χ1) is 7.69. The van der Waals surface area contributed by atoms with E-state index in [9.17, 15) is 4.79 Å². The maximum absolute atomic E-state index is 11.5. The van der Waals surface area contributed by atoms with Crippen molar-refractivity contribution in [3.63, 3.8) is 0 Å². The highest BCUT2D eigenvalue weighted by Crippen LogP contribution is 2.05. The minimum Gasteiger partial charge on any atom is -0.332 e. The van der Waals surface area contributed by atoms with Gasteiger partial charge in [0.1, 0.15) is 0 Å². The maximum Gasteiger partial charge on any atom is 0.317 e. The smallest absolute Gasteiger partial charge is 0.317 e. The van der Waals surface area contributed by atoms with Crippen molar-refractivity contribution in [1.29, 1.82) is 0 Å². The topological polar surface area (TPSA) is 45.2 Å². The maximum atomic E-state index is 11.5. The number of carbonyl (C=O) groups excluding carboxylic acids is 1. The number of nitrogens with zero attached hydrogens (tertiary/aromatic N) is 2. The summed E-state index contributed by atoms with van der Waals surface area (Å²) >= 11 is 0. The molecule has 0 unspecified atom stereocenters. The number of hydrogen-bond donors (Lipinski definition) is 1. The summed E-state index contributed by atoms with van der Waals surface area (Å²) in [6.45, 7) is 5.22. The summed E-state index contributed by atoms with van der Waals surface area (Å²) in [5, 5.41) is 2.85. The monoisotopic (exact) mass is 221 g/mol. The lowest BCUT2D eigenvalue weighted by Crippen LogP contribution is -2.36. The predicted molar refractivity (Wildman–Crippen MR) is 64.2 cm³/mol. The molecule has 2 amide bonds. The van der Waals surface area contributed by atoms with Gasteiger partial charge in [0, 0.05) is 19.8 Å². The van der Waals surface area contributed by atoms with Gasteiger partial charge < -0.3 is 10.2 Å². The Morgan fingerprint density at radius 2 is 2.25 bits per heavy atom. The van der Waals surface area contributed by atoms with Crippen molar-refractivity contribution >= 4 is 6.03 Å². The van der Waals surface area contributed by atoms with Gasteiger partial charge in [-0.3, -0.25) is 4.98 Å². The molecule has 1 aromatic rings. The first kappa shape index (κ1) is 12.5. The molecule has 1 heterocycles. The largest absolute Gasteiger partial charge is 0.332 e. The third-order valence-corrected chi connectivity index (χ3v) is 2.59. The summed E-state index contributed by atoms with van der Waals surface area (Å²) in [6, 6.07) is 3.90. The molecule has 16 heavy (non-hydrogen) atoms. The van der Waals surface area contributed by atoms with Gasteiger partial charge in [0.05, 0.1) is 12.2 Å². The summed E-state index contributed by atoms with van der Waals surface area (Å²) in [6.07, 6.45) is 2.69. The van der Waals surface area contributed by atoms with E-state index in [1.165, 1.54) is 5.56 Å². The van der Waals surface area contributed by atoms with E-state index < -0.39 is 0 Å². The molecule has 1 N–H and O–H groups in total. The van der Waals surface area contributed by atoms with Gasteiger partial charge in [0.15, 0.2) is 0 Å². The number of pyridine rings is 1. The van der Waals surface area contributed by atoms with Gasteiger partial charge in [-0.15, -0.1) is 0 Å². The van der Waals surface area contributed by atoms with Crippen molar-refractivity contribution in [3.05, 3.63) is 29.6 Å². The Hall–Kier alpha value is -1.58. The fourth-order valence-electron chi connectivity index (χ4n) is 1.39. The zero-order valence-electron chi connectivity index (χ0n) is 10.2.